The summed E-state index contributed by atoms with van der Waals surface area (Å²) in [5.41, 5.74) is 0. The van der Waals surface area contributed by atoms with Crippen molar-refractivity contribution in [1.29, 1.82) is 0 Å². The minimum Gasteiger partial charge on any atom is -0.462 e. The highest BCUT2D eigenvalue weighted by Crippen LogP contribution is 2.45. The molecule has 0 aromatic carbocycles. The quantitative estimate of drug-likeness (QED) is 0.0169. The van der Waals surface area contributed by atoms with Gasteiger partial charge in [0.25, 0.3) is 0 Å². The van der Waals surface area contributed by atoms with Gasteiger partial charge in [0, 0.05) is 19.3 Å². The highest BCUT2D eigenvalue weighted by molar-refractivity contribution is 7.47. The van der Waals surface area contributed by atoms with Crippen LogP contribution < -0.4 is 0 Å². The van der Waals surface area contributed by atoms with Gasteiger partial charge in [-0.15, -0.1) is 0 Å². The summed E-state index contributed by atoms with van der Waals surface area (Å²) in [7, 11) is -10.0. The monoisotopic (exact) mass is 1470 g/mol. The van der Waals surface area contributed by atoms with Crippen molar-refractivity contribution >= 4 is 39.5 Å². The SMILES string of the molecule is CC/C=C\C/C=C\C/C=C\C/C=C\C/C=C\CC(=O)OCC(COP(=O)(O)OCC(O)COP(=O)(O)OCC(COC(=O)CCCCCC/C=C\C/C=C\C/C=C\C/C=C\CC)OC(=O)CCCCCCCCCCCCCCCCC)OC(=O)CCCC/C=C\C/C=C\C/C=C\C/C=C\CC. The molecule has 0 heterocycles. The molecule has 5 unspecified atom stereocenters. The Morgan fingerprint density at radius 1 is 0.294 bits per heavy atom. The Kier molecular flexibility index (Phi) is 70.1. The van der Waals surface area contributed by atoms with Crippen molar-refractivity contribution in [3.8, 4) is 0 Å². The second-order valence-corrected chi connectivity index (χ2v) is 28.1. The van der Waals surface area contributed by atoms with Crippen LogP contribution in [0.25, 0.3) is 0 Å². The molecule has 5 atom stereocenters. The molecule has 0 fully saturated rings. The Labute approximate surface area is 617 Å². The molecule has 580 valence electrons. The first-order chi connectivity index (χ1) is 49.7. The van der Waals surface area contributed by atoms with E-state index in [9.17, 15) is 43.2 Å². The molecule has 0 aliphatic rings. The number of phosphoric acid groups is 2. The highest BCUT2D eigenvalue weighted by Gasteiger charge is 2.30. The van der Waals surface area contributed by atoms with Crippen molar-refractivity contribution in [1.82, 2.24) is 0 Å². The van der Waals surface area contributed by atoms with Gasteiger partial charge in [0.2, 0.25) is 0 Å². The van der Waals surface area contributed by atoms with Gasteiger partial charge in [-0.05, 0) is 128 Å². The van der Waals surface area contributed by atoms with Crippen LogP contribution in [-0.2, 0) is 65.4 Å². The number of aliphatic hydroxyl groups is 1. The summed E-state index contributed by atoms with van der Waals surface area (Å²) in [5, 5.41) is 10.6. The zero-order chi connectivity index (χ0) is 74.6. The zero-order valence-electron chi connectivity index (χ0n) is 63.2. The van der Waals surface area contributed by atoms with Crippen molar-refractivity contribution in [3.05, 3.63) is 158 Å². The van der Waals surface area contributed by atoms with Gasteiger partial charge in [-0.1, -0.05) is 288 Å². The molecule has 0 aromatic heterocycles. The second kappa shape index (κ2) is 74.0. The van der Waals surface area contributed by atoms with Crippen LogP contribution in [-0.4, -0.2) is 96.7 Å². The first-order valence-corrected chi connectivity index (χ1v) is 41.7. The fourth-order valence-electron chi connectivity index (χ4n) is 9.75. The summed E-state index contributed by atoms with van der Waals surface area (Å²) in [4.78, 5) is 72.9. The number of rotatable bonds is 71. The van der Waals surface area contributed by atoms with E-state index >= 15 is 0 Å². The summed E-state index contributed by atoms with van der Waals surface area (Å²) in [5.74, 6) is -2.40. The normalized spacial score (nSPS) is 14.8. The summed E-state index contributed by atoms with van der Waals surface area (Å²) in [6.45, 7) is 4.33. The van der Waals surface area contributed by atoms with Gasteiger partial charge in [0.05, 0.1) is 32.8 Å². The number of carbonyl (C=O) groups is 4. The third kappa shape index (κ3) is 73.0. The van der Waals surface area contributed by atoms with Crippen LogP contribution in [0.15, 0.2) is 158 Å². The molecule has 0 aliphatic heterocycles. The van der Waals surface area contributed by atoms with E-state index in [-0.39, 0.29) is 25.7 Å². The molecule has 0 bridgehead atoms. The van der Waals surface area contributed by atoms with Gasteiger partial charge in [0.15, 0.2) is 12.2 Å². The number of allylic oxidation sites excluding steroid dienone is 25. The molecule has 0 saturated carbocycles. The number of carbonyl (C=O) groups excluding carboxylic acids is 4. The first kappa shape index (κ1) is 96.7. The summed E-state index contributed by atoms with van der Waals surface area (Å²) < 4.78 is 68.3. The molecule has 0 rings (SSSR count). The van der Waals surface area contributed by atoms with E-state index in [0.29, 0.717) is 32.1 Å². The first-order valence-electron chi connectivity index (χ1n) is 38.7. The molecule has 0 aromatic rings. The van der Waals surface area contributed by atoms with Crippen LogP contribution in [0.4, 0.5) is 0 Å². The Morgan fingerprint density at radius 2 is 0.549 bits per heavy atom. The van der Waals surface area contributed by atoms with Crippen molar-refractivity contribution in [2.24, 2.45) is 0 Å². The van der Waals surface area contributed by atoms with Gasteiger partial charge in [0.1, 0.15) is 19.3 Å². The predicted molar refractivity (Wildman–Crippen MR) is 417 cm³/mol. The summed E-state index contributed by atoms with van der Waals surface area (Å²) in [6.07, 6.45) is 85.5. The molecule has 0 aliphatic carbocycles. The van der Waals surface area contributed by atoms with Crippen LogP contribution >= 0.6 is 15.6 Å². The van der Waals surface area contributed by atoms with E-state index in [2.05, 4.69) is 155 Å². The van der Waals surface area contributed by atoms with Crippen molar-refractivity contribution < 1.29 is 80.2 Å². The van der Waals surface area contributed by atoms with Crippen molar-refractivity contribution in [3.63, 3.8) is 0 Å². The number of ether oxygens (including phenoxy) is 4. The van der Waals surface area contributed by atoms with E-state index in [1.54, 1.807) is 6.08 Å². The number of hydrogen-bond acceptors (Lipinski definition) is 15. The van der Waals surface area contributed by atoms with E-state index in [0.717, 1.165) is 135 Å². The largest absolute Gasteiger partial charge is 0.472 e. The lowest BCUT2D eigenvalue weighted by Crippen LogP contribution is -2.30. The molecular weight excluding hydrogens is 1330 g/mol. The Hall–Kier alpha value is -5.32. The molecule has 102 heavy (non-hydrogen) atoms. The van der Waals surface area contributed by atoms with E-state index < -0.39 is 97.5 Å². The predicted octanol–water partition coefficient (Wildman–Crippen LogP) is 22.4. The van der Waals surface area contributed by atoms with Gasteiger partial charge < -0.3 is 33.8 Å². The standard InChI is InChI=1S/C83H136O17P2/c1-5-9-13-17-21-25-29-33-37-38-42-44-48-52-56-60-64-68-81(86)94-74-79(100-83(88)70-66-62-58-54-50-46-41-36-32-28-24-20-16-12-8-4)76-98-102(91,92)96-72-77(84)71-95-101(89,90)97-75-78(99-82(87)69-65-61-57-53-49-45-40-35-31-27-23-19-15-11-7-3)73-93-80(85)67-63-59-55-51-47-43-39-34-30-26-22-18-14-10-6-2/h9-11,13-15,21-23,25-27,33-35,37,39-40,42,44,47,49,51,53,59,63,77-79,84H,5-8,12,16-20,24,28-32,36,38,41,43,45-46,48,50,52,54-58,60-62,64-76H2,1-4H3,(H,89,90)(H,91,92)/b13-9-,14-10-,15-11-,25-21-,26-22-,27-23-,37-33-,39-34-,40-35-,44-42-,51-47-,53-49-,63-59-. The maximum absolute atomic E-state index is 13.1. The number of unbranched alkanes of at least 4 members (excludes halogenated alkanes) is 20. The minimum atomic E-state index is -5.01. The summed E-state index contributed by atoms with van der Waals surface area (Å²) >= 11 is 0. The number of phosphoric ester groups is 2. The highest BCUT2D eigenvalue weighted by atomic mass is 31.2. The lowest BCUT2D eigenvalue weighted by Gasteiger charge is -2.21. The Morgan fingerprint density at radius 3 is 0.892 bits per heavy atom. The lowest BCUT2D eigenvalue weighted by atomic mass is 10.0. The smallest absolute Gasteiger partial charge is 0.462 e. The molecular formula is C83H136O17P2. The van der Waals surface area contributed by atoms with Crippen LogP contribution in [0.1, 0.15) is 285 Å². The maximum atomic E-state index is 13.1. The van der Waals surface area contributed by atoms with Crippen molar-refractivity contribution in [2.75, 3.05) is 39.6 Å². The van der Waals surface area contributed by atoms with Crippen LogP contribution in [0, 0.1) is 0 Å². The van der Waals surface area contributed by atoms with Crippen LogP contribution in [0.2, 0.25) is 0 Å². The van der Waals surface area contributed by atoms with Gasteiger partial charge >= 0.3 is 39.5 Å². The molecule has 17 nitrogen and oxygen atoms in total. The Balaban J connectivity index is 5.48. The number of hydrogen-bond donors (Lipinski definition) is 3. The maximum Gasteiger partial charge on any atom is 0.472 e. The zero-order valence-corrected chi connectivity index (χ0v) is 65.0. The molecule has 0 saturated heterocycles. The molecule has 19 heteroatoms. The fourth-order valence-corrected chi connectivity index (χ4v) is 11.3. The van der Waals surface area contributed by atoms with Gasteiger partial charge in [-0.3, -0.25) is 37.3 Å². The molecule has 0 amide bonds. The van der Waals surface area contributed by atoms with Crippen molar-refractivity contribution in [2.45, 2.75) is 303 Å². The van der Waals surface area contributed by atoms with Gasteiger partial charge in [-0.25, -0.2) is 9.13 Å². The minimum absolute atomic E-state index is 0.0179. The summed E-state index contributed by atoms with van der Waals surface area (Å²) in [6, 6.07) is 0. The number of aliphatic hydroxyl groups excluding tert-OH is 1. The topological polar surface area (TPSA) is 237 Å². The molecule has 0 radical (unpaired) electrons. The number of esters is 4. The average Bonchev–Trinajstić information content (AvgIpc) is 0.926. The third-order valence-electron chi connectivity index (χ3n) is 15.5. The van der Waals surface area contributed by atoms with E-state index in [1.165, 1.54) is 64.2 Å². The molecule has 3 N–H and O–H groups in total. The average molecular weight is 1470 g/mol. The van der Waals surface area contributed by atoms with Crippen LogP contribution in [0.5, 0.6) is 0 Å². The third-order valence-corrected chi connectivity index (χ3v) is 17.4. The second-order valence-electron chi connectivity index (χ2n) is 25.2. The lowest BCUT2D eigenvalue weighted by molar-refractivity contribution is -0.161. The van der Waals surface area contributed by atoms with E-state index in [4.69, 9.17) is 37.0 Å². The van der Waals surface area contributed by atoms with E-state index in [1.807, 2.05) is 24.3 Å². The van der Waals surface area contributed by atoms with Crippen LogP contribution in [0.3, 0.4) is 0 Å². The molecule has 0 spiro atoms. The fraction of sp³-hybridized carbons (Fsp3) is 0.639. The Bertz CT molecular complexity index is 2550. The van der Waals surface area contributed by atoms with Gasteiger partial charge in [-0.2, -0.15) is 0 Å².